The Kier molecular flexibility index (Phi) is 7.94. The molecule has 0 bridgehead atoms. The van der Waals surface area contributed by atoms with Crippen LogP contribution in [0.15, 0.2) is 54.9 Å². The topological polar surface area (TPSA) is 94.0 Å². The van der Waals surface area contributed by atoms with E-state index in [0.717, 1.165) is 34.6 Å². The van der Waals surface area contributed by atoms with Gasteiger partial charge in [-0.15, -0.1) is 11.3 Å². The van der Waals surface area contributed by atoms with Crippen molar-refractivity contribution in [1.29, 1.82) is 0 Å². The first kappa shape index (κ1) is 28.2. The number of aliphatic hydroxyl groups is 1. The van der Waals surface area contributed by atoms with Gasteiger partial charge in [-0.3, -0.25) is 9.78 Å². The molecule has 3 aromatic rings. The standard InChI is InChI=1S/C29H28ClF2N3O4S/c1-34(28(37)38)19-4-6-20(7-5-19)35(16-29(39)12-2-3-18(15-29)17-10-13-33-14-11-17)27(36)26-24(30)23-21(31)8-9-22(32)25(23)40-26/h2-3,8-11,13-15,19-20,39H,4-7,12,16H2,1H3,(H,37,38). The molecule has 0 saturated heterocycles. The summed E-state index contributed by atoms with van der Waals surface area (Å²) in [4.78, 5) is 32.4. The highest BCUT2D eigenvalue weighted by atomic mass is 35.5. The Morgan fingerprint density at radius 2 is 1.75 bits per heavy atom. The van der Waals surface area contributed by atoms with Gasteiger partial charge in [-0.25, -0.2) is 13.6 Å². The maximum atomic E-state index is 14.6. The zero-order valence-corrected chi connectivity index (χ0v) is 23.3. The van der Waals surface area contributed by atoms with Crippen LogP contribution in [0.3, 0.4) is 0 Å². The maximum Gasteiger partial charge on any atom is 0.407 e. The van der Waals surface area contributed by atoms with Crippen molar-refractivity contribution in [3.8, 4) is 0 Å². The van der Waals surface area contributed by atoms with Crippen LogP contribution >= 0.6 is 22.9 Å². The molecule has 1 unspecified atom stereocenters. The molecule has 1 aromatic carbocycles. The summed E-state index contributed by atoms with van der Waals surface area (Å²) in [5.41, 5.74) is 0.217. The minimum absolute atomic E-state index is 0.00117. The molecular weight excluding hydrogens is 560 g/mol. The number of benzene rings is 1. The fourth-order valence-corrected chi connectivity index (χ4v) is 7.07. The van der Waals surface area contributed by atoms with Gasteiger partial charge in [0.2, 0.25) is 0 Å². The summed E-state index contributed by atoms with van der Waals surface area (Å²) in [5, 5.41) is 20.8. The number of rotatable bonds is 6. The molecule has 2 amide bonds. The van der Waals surface area contributed by atoms with E-state index in [1.54, 1.807) is 23.4 Å². The third-order valence-corrected chi connectivity index (χ3v) is 9.42. The Hall–Kier alpha value is -3.34. The summed E-state index contributed by atoms with van der Waals surface area (Å²) >= 11 is 7.28. The lowest BCUT2D eigenvalue weighted by Crippen LogP contribution is -2.52. The van der Waals surface area contributed by atoms with E-state index in [2.05, 4.69) is 4.98 Å². The minimum Gasteiger partial charge on any atom is -0.465 e. The predicted molar refractivity (Wildman–Crippen MR) is 151 cm³/mol. The Balaban J connectivity index is 1.50. The number of fused-ring (bicyclic) bond motifs is 1. The Labute approximate surface area is 239 Å². The molecule has 1 atom stereocenters. The van der Waals surface area contributed by atoms with E-state index in [4.69, 9.17) is 11.6 Å². The van der Waals surface area contributed by atoms with E-state index >= 15 is 0 Å². The van der Waals surface area contributed by atoms with Crippen LogP contribution in [-0.2, 0) is 0 Å². The molecule has 2 N–H and O–H groups in total. The third kappa shape index (κ3) is 5.48. The second-order valence-corrected chi connectivity index (χ2v) is 11.7. The van der Waals surface area contributed by atoms with Gasteiger partial charge in [-0.1, -0.05) is 23.8 Å². The highest BCUT2D eigenvalue weighted by molar-refractivity contribution is 7.21. The van der Waals surface area contributed by atoms with E-state index in [0.29, 0.717) is 25.7 Å². The van der Waals surface area contributed by atoms with Crippen molar-refractivity contribution >= 4 is 50.6 Å². The van der Waals surface area contributed by atoms with E-state index in [-0.39, 0.29) is 45.0 Å². The van der Waals surface area contributed by atoms with Crippen molar-refractivity contribution in [3.05, 3.63) is 82.0 Å². The molecule has 11 heteroatoms. The number of carbonyl (C=O) groups excluding carboxylic acids is 1. The molecule has 1 saturated carbocycles. The Morgan fingerprint density at radius 1 is 1.10 bits per heavy atom. The van der Waals surface area contributed by atoms with E-state index in [9.17, 15) is 28.6 Å². The fraction of sp³-hybridized carbons (Fsp3) is 0.345. The first-order valence-electron chi connectivity index (χ1n) is 12.9. The highest BCUT2D eigenvalue weighted by Crippen LogP contribution is 2.41. The molecule has 0 spiro atoms. The van der Waals surface area contributed by atoms with Gasteiger partial charge >= 0.3 is 6.09 Å². The van der Waals surface area contributed by atoms with Crippen LogP contribution in [0.1, 0.15) is 47.3 Å². The molecule has 7 nitrogen and oxygen atoms in total. The second-order valence-electron chi connectivity index (χ2n) is 10.3. The number of amides is 2. The number of pyridine rings is 1. The number of carbonyl (C=O) groups is 2. The van der Waals surface area contributed by atoms with Crippen LogP contribution in [0.2, 0.25) is 5.02 Å². The molecule has 210 valence electrons. The molecular formula is C29H28ClF2N3O4S. The summed E-state index contributed by atoms with van der Waals surface area (Å²) in [7, 11) is 1.53. The molecule has 0 radical (unpaired) electrons. The summed E-state index contributed by atoms with van der Waals surface area (Å²) in [6.45, 7) is -0.0790. The normalized spacial score (nSPS) is 22.7. The largest absolute Gasteiger partial charge is 0.465 e. The van der Waals surface area contributed by atoms with Crippen molar-refractivity contribution in [1.82, 2.24) is 14.8 Å². The number of aromatic nitrogens is 1. The molecule has 5 rings (SSSR count). The number of thiophene rings is 1. The first-order valence-corrected chi connectivity index (χ1v) is 14.1. The van der Waals surface area contributed by atoms with Gasteiger partial charge in [-0.05, 0) is 73.6 Å². The minimum atomic E-state index is -1.42. The zero-order valence-electron chi connectivity index (χ0n) is 21.7. The van der Waals surface area contributed by atoms with Crippen molar-refractivity contribution in [2.24, 2.45) is 0 Å². The van der Waals surface area contributed by atoms with Crippen LogP contribution < -0.4 is 0 Å². The Bertz CT molecular complexity index is 1500. The molecule has 2 aliphatic rings. The molecule has 1 fully saturated rings. The lowest BCUT2D eigenvalue weighted by Gasteiger charge is -2.42. The molecule has 0 aliphatic heterocycles. The lowest BCUT2D eigenvalue weighted by molar-refractivity contribution is 0.0163. The molecule has 2 aliphatic carbocycles. The maximum absolute atomic E-state index is 14.6. The van der Waals surface area contributed by atoms with Crippen molar-refractivity contribution < 1.29 is 28.6 Å². The Morgan fingerprint density at radius 3 is 2.40 bits per heavy atom. The van der Waals surface area contributed by atoms with Crippen LogP contribution in [0.25, 0.3) is 15.7 Å². The second kappa shape index (κ2) is 11.3. The van der Waals surface area contributed by atoms with Crippen molar-refractivity contribution in [2.45, 2.75) is 49.8 Å². The number of nitrogens with zero attached hydrogens (tertiary/aromatic N) is 3. The number of allylic oxidation sites excluding steroid dienone is 2. The van der Waals surface area contributed by atoms with Gasteiger partial charge in [0.1, 0.15) is 22.1 Å². The summed E-state index contributed by atoms with van der Waals surface area (Å²) in [6.07, 6.45) is 10.0. The lowest BCUT2D eigenvalue weighted by atomic mass is 9.85. The first-order chi connectivity index (χ1) is 19.1. The predicted octanol–water partition coefficient (Wildman–Crippen LogP) is 6.37. The van der Waals surface area contributed by atoms with Gasteiger partial charge < -0.3 is 20.0 Å². The zero-order chi connectivity index (χ0) is 28.6. The summed E-state index contributed by atoms with van der Waals surface area (Å²) < 4.78 is 29.1. The molecule has 2 heterocycles. The van der Waals surface area contributed by atoms with Crippen LogP contribution in [0.5, 0.6) is 0 Å². The fourth-order valence-electron chi connectivity index (χ4n) is 5.56. The quantitative estimate of drug-likeness (QED) is 0.350. The highest BCUT2D eigenvalue weighted by Gasteiger charge is 2.39. The molecule has 40 heavy (non-hydrogen) atoms. The van der Waals surface area contributed by atoms with Gasteiger partial charge in [0.25, 0.3) is 5.91 Å². The van der Waals surface area contributed by atoms with Crippen molar-refractivity contribution in [2.75, 3.05) is 13.6 Å². The number of hydrogen-bond donors (Lipinski definition) is 2. The van der Waals surface area contributed by atoms with Gasteiger partial charge in [0.15, 0.2) is 0 Å². The third-order valence-electron chi connectivity index (χ3n) is 7.74. The molecule has 2 aromatic heterocycles. The number of hydrogen-bond acceptors (Lipinski definition) is 5. The van der Waals surface area contributed by atoms with Crippen LogP contribution in [0.4, 0.5) is 13.6 Å². The SMILES string of the molecule is CN(C(=O)O)C1CCC(N(CC2(O)C=C(c3ccncc3)C=CC2)C(=O)c2sc3c(F)ccc(F)c3c2Cl)CC1. The van der Waals surface area contributed by atoms with Gasteiger partial charge in [0, 0.05) is 31.5 Å². The van der Waals surface area contributed by atoms with Gasteiger partial charge in [-0.2, -0.15) is 0 Å². The average molecular weight is 588 g/mol. The average Bonchev–Trinajstić information content (AvgIpc) is 3.32. The monoisotopic (exact) mass is 587 g/mol. The van der Waals surface area contributed by atoms with E-state index < -0.39 is 29.2 Å². The van der Waals surface area contributed by atoms with E-state index in [1.165, 1.54) is 11.9 Å². The number of halogens is 3. The van der Waals surface area contributed by atoms with Crippen molar-refractivity contribution in [3.63, 3.8) is 0 Å². The summed E-state index contributed by atoms with van der Waals surface area (Å²) in [5.74, 6) is -1.92. The summed E-state index contributed by atoms with van der Waals surface area (Å²) in [6, 6.07) is 5.09. The van der Waals surface area contributed by atoms with Crippen LogP contribution in [0, 0.1) is 11.6 Å². The number of carboxylic acid groups (broad SMARTS) is 1. The van der Waals surface area contributed by atoms with E-state index in [1.807, 2.05) is 24.3 Å². The van der Waals surface area contributed by atoms with Crippen LogP contribution in [-0.4, -0.2) is 68.3 Å². The smallest absolute Gasteiger partial charge is 0.407 e. The van der Waals surface area contributed by atoms with Gasteiger partial charge in [0.05, 0.1) is 21.7 Å².